The second kappa shape index (κ2) is 4.06. The third-order valence-electron chi connectivity index (χ3n) is 3.09. The van der Waals surface area contributed by atoms with E-state index in [2.05, 4.69) is 59.1 Å². The van der Waals surface area contributed by atoms with Gasteiger partial charge in [0.2, 0.25) is 0 Å². The fourth-order valence-electron chi connectivity index (χ4n) is 2.18. The Balaban J connectivity index is 2.05. The van der Waals surface area contributed by atoms with Gasteiger partial charge < -0.3 is 4.57 Å². The molecular formula is C15H14N2. The van der Waals surface area contributed by atoms with Crippen molar-refractivity contribution in [2.75, 3.05) is 0 Å². The number of aryl methyl sites for hydroxylation is 1. The molecule has 0 unspecified atom stereocenters. The van der Waals surface area contributed by atoms with Crippen LogP contribution in [0.2, 0.25) is 0 Å². The summed E-state index contributed by atoms with van der Waals surface area (Å²) in [7, 11) is 0. The highest BCUT2D eigenvalue weighted by Crippen LogP contribution is 2.18. The lowest BCUT2D eigenvalue weighted by Crippen LogP contribution is -1.97. The lowest BCUT2D eigenvalue weighted by Gasteiger charge is -2.05. The van der Waals surface area contributed by atoms with E-state index in [1.54, 1.807) is 0 Å². The van der Waals surface area contributed by atoms with Crippen LogP contribution in [0, 0.1) is 6.92 Å². The molecular weight excluding hydrogens is 208 g/mol. The number of pyridine rings is 1. The van der Waals surface area contributed by atoms with E-state index >= 15 is 0 Å². The summed E-state index contributed by atoms with van der Waals surface area (Å²) in [6.07, 6.45) is 4.01. The van der Waals surface area contributed by atoms with Crippen LogP contribution in [0.1, 0.15) is 11.3 Å². The summed E-state index contributed by atoms with van der Waals surface area (Å²) >= 11 is 0. The maximum absolute atomic E-state index is 4.31. The Morgan fingerprint density at radius 1 is 1.06 bits per heavy atom. The van der Waals surface area contributed by atoms with E-state index in [1.807, 2.05) is 12.3 Å². The summed E-state index contributed by atoms with van der Waals surface area (Å²) in [5, 5.41) is 1.24. The van der Waals surface area contributed by atoms with Crippen molar-refractivity contribution in [3.8, 4) is 0 Å². The molecule has 3 rings (SSSR count). The number of hydrogen-bond donors (Lipinski definition) is 0. The first-order chi connectivity index (χ1) is 8.34. The van der Waals surface area contributed by atoms with Crippen molar-refractivity contribution in [3.05, 3.63) is 66.1 Å². The SMILES string of the molecule is Cc1nccc2c1ccn2Cc1ccccc1. The molecule has 0 N–H and O–H groups in total. The van der Waals surface area contributed by atoms with Gasteiger partial charge in [-0.25, -0.2) is 0 Å². The van der Waals surface area contributed by atoms with E-state index < -0.39 is 0 Å². The van der Waals surface area contributed by atoms with Crippen molar-refractivity contribution in [1.29, 1.82) is 0 Å². The molecule has 3 aromatic rings. The van der Waals surface area contributed by atoms with Crippen LogP contribution in [0.3, 0.4) is 0 Å². The van der Waals surface area contributed by atoms with Crippen molar-refractivity contribution >= 4 is 10.9 Å². The number of aromatic nitrogens is 2. The van der Waals surface area contributed by atoms with E-state index in [1.165, 1.54) is 16.5 Å². The van der Waals surface area contributed by atoms with Gasteiger partial charge in [0.1, 0.15) is 0 Å². The smallest absolute Gasteiger partial charge is 0.0517 e. The minimum atomic E-state index is 0.911. The van der Waals surface area contributed by atoms with Crippen LogP contribution in [0.4, 0.5) is 0 Å². The molecule has 17 heavy (non-hydrogen) atoms. The zero-order chi connectivity index (χ0) is 11.7. The predicted molar refractivity (Wildman–Crippen MR) is 70.0 cm³/mol. The van der Waals surface area contributed by atoms with Gasteiger partial charge >= 0.3 is 0 Å². The third-order valence-corrected chi connectivity index (χ3v) is 3.09. The fourth-order valence-corrected chi connectivity index (χ4v) is 2.18. The van der Waals surface area contributed by atoms with Crippen LogP contribution in [-0.4, -0.2) is 9.55 Å². The van der Waals surface area contributed by atoms with Gasteiger partial charge in [-0.15, -0.1) is 0 Å². The van der Waals surface area contributed by atoms with Gasteiger partial charge in [0, 0.05) is 30.0 Å². The number of rotatable bonds is 2. The lowest BCUT2D eigenvalue weighted by atomic mass is 10.2. The van der Waals surface area contributed by atoms with Gasteiger partial charge in [0.05, 0.1) is 5.52 Å². The molecule has 1 aromatic carbocycles. The van der Waals surface area contributed by atoms with Gasteiger partial charge in [-0.3, -0.25) is 4.98 Å². The topological polar surface area (TPSA) is 17.8 Å². The second-order valence-electron chi connectivity index (χ2n) is 4.26. The van der Waals surface area contributed by atoms with Crippen LogP contribution in [0.15, 0.2) is 54.9 Å². The molecule has 2 aromatic heterocycles. The molecule has 84 valence electrons. The Bertz CT molecular complexity index is 638. The van der Waals surface area contributed by atoms with Gasteiger partial charge in [0.15, 0.2) is 0 Å². The van der Waals surface area contributed by atoms with Gasteiger partial charge in [-0.05, 0) is 24.6 Å². The fraction of sp³-hybridized carbons (Fsp3) is 0.133. The van der Waals surface area contributed by atoms with Gasteiger partial charge in [-0.1, -0.05) is 30.3 Å². The summed E-state index contributed by atoms with van der Waals surface area (Å²) in [6.45, 7) is 2.96. The minimum Gasteiger partial charge on any atom is -0.343 e. The Morgan fingerprint density at radius 3 is 2.71 bits per heavy atom. The monoisotopic (exact) mass is 222 g/mol. The summed E-state index contributed by atoms with van der Waals surface area (Å²) in [4.78, 5) is 4.31. The van der Waals surface area contributed by atoms with Crippen molar-refractivity contribution < 1.29 is 0 Å². The quantitative estimate of drug-likeness (QED) is 0.650. The molecule has 0 spiro atoms. The second-order valence-corrected chi connectivity index (χ2v) is 4.26. The summed E-state index contributed by atoms with van der Waals surface area (Å²) in [5.74, 6) is 0. The minimum absolute atomic E-state index is 0.911. The Morgan fingerprint density at radius 2 is 1.88 bits per heavy atom. The van der Waals surface area contributed by atoms with Gasteiger partial charge in [-0.2, -0.15) is 0 Å². The first-order valence-corrected chi connectivity index (χ1v) is 5.79. The van der Waals surface area contributed by atoms with E-state index in [4.69, 9.17) is 0 Å². The van der Waals surface area contributed by atoms with Crippen molar-refractivity contribution in [2.24, 2.45) is 0 Å². The summed E-state index contributed by atoms with van der Waals surface area (Å²) in [5.41, 5.74) is 3.66. The summed E-state index contributed by atoms with van der Waals surface area (Å²) in [6, 6.07) is 14.7. The van der Waals surface area contributed by atoms with E-state index in [-0.39, 0.29) is 0 Å². The molecule has 2 heteroatoms. The third kappa shape index (κ3) is 1.82. The Labute approximate surface area is 101 Å². The first kappa shape index (κ1) is 10.1. The largest absolute Gasteiger partial charge is 0.343 e. The van der Waals surface area contributed by atoms with E-state index in [0.717, 1.165) is 12.2 Å². The molecule has 0 bridgehead atoms. The zero-order valence-corrected chi connectivity index (χ0v) is 9.80. The van der Waals surface area contributed by atoms with Crippen LogP contribution >= 0.6 is 0 Å². The molecule has 0 radical (unpaired) electrons. The normalized spacial score (nSPS) is 10.9. The lowest BCUT2D eigenvalue weighted by molar-refractivity contribution is 0.836. The highest BCUT2D eigenvalue weighted by molar-refractivity contribution is 5.82. The van der Waals surface area contributed by atoms with Gasteiger partial charge in [0.25, 0.3) is 0 Å². The van der Waals surface area contributed by atoms with Crippen molar-refractivity contribution in [1.82, 2.24) is 9.55 Å². The standard InChI is InChI=1S/C15H14N2/c1-12-14-8-10-17(15(14)7-9-16-12)11-13-5-3-2-4-6-13/h2-10H,11H2,1H3. The van der Waals surface area contributed by atoms with Crippen molar-refractivity contribution in [3.63, 3.8) is 0 Å². The average molecular weight is 222 g/mol. The molecule has 0 aliphatic heterocycles. The first-order valence-electron chi connectivity index (χ1n) is 5.79. The average Bonchev–Trinajstić information content (AvgIpc) is 2.76. The van der Waals surface area contributed by atoms with E-state index in [0.29, 0.717) is 0 Å². The maximum Gasteiger partial charge on any atom is 0.0517 e. The van der Waals surface area contributed by atoms with E-state index in [9.17, 15) is 0 Å². The number of benzene rings is 1. The molecule has 0 saturated carbocycles. The Kier molecular flexibility index (Phi) is 2.41. The molecule has 0 fully saturated rings. The number of hydrogen-bond acceptors (Lipinski definition) is 1. The molecule has 0 aliphatic carbocycles. The molecule has 0 aliphatic rings. The van der Waals surface area contributed by atoms with Crippen LogP contribution < -0.4 is 0 Å². The molecule has 0 atom stereocenters. The molecule has 2 nitrogen and oxygen atoms in total. The van der Waals surface area contributed by atoms with Crippen LogP contribution in [0.5, 0.6) is 0 Å². The highest BCUT2D eigenvalue weighted by Gasteiger charge is 2.03. The number of fused-ring (bicyclic) bond motifs is 1. The summed E-state index contributed by atoms with van der Waals surface area (Å²) < 4.78 is 2.26. The van der Waals surface area contributed by atoms with Crippen molar-refractivity contribution in [2.45, 2.75) is 13.5 Å². The molecule has 0 amide bonds. The molecule has 0 saturated heterocycles. The number of nitrogens with zero attached hydrogens (tertiary/aromatic N) is 2. The molecule has 2 heterocycles. The predicted octanol–water partition coefficient (Wildman–Crippen LogP) is 3.39. The Hall–Kier alpha value is -2.09. The zero-order valence-electron chi connectivity index (χ0n) is 9.80. The van der Waals surface area contributed by atoms with Crippen LogP contribution in [0.25, 0.3) is 10.9 Å². The highest BCUT2D eigenvalue weighted by atomic mass is 15.0. The van der Waals surface area contributed by atoms with Crippen LogP contribution in [-0.2, 0) is 6.54 Å². The maximum atomic E-state index is 4.31.